The van der Waals surface area contributed by atoms with Gasteiger partial charge in [0.25, 0.3) is 0 Å². The lowest BCUT2D eigenvalue weighted by atomic mass is 10.1. The topological polar surface area (TPSA) is 120 Å². The lowest BCUT2D eigenvalue weighted by Gasteiger charge is -2.30. The predicted molar refractivity (Wildman–Crippen MR) is 75.9 cm³/mol. The van der Waals surface area contributed by atoms with Gasteiger partial charge in [-0.15, -0.1) is 0 Å². The largest absolute Gasteiger partial charge is 0.496 e. The summed E-state index contributed by atoms with van der Waals surface area (Å²) in [5, 5.41) is 2.85. The summed E-state index contributed by atoms with van der Waals surface area (Å²) in [6.45, 7) is 0. The van der Waals surface area contributed by atoms with Crippen molar-refractivity contribution < 1.29 is 13.2 Å². The maximum atomic E-state index is 11.7. The summed E-state index contributed by atoms with van der Waals surface area (Å²) in [6.07, 6.45) is 4.22. The van der Waals surface area contributed by atoms with Crippen LogP contribution in [0.15, 0.2) is 40.4 Å². The molecule has 0 aliphatic carbocycles. The molecular weight excluding hydrogens is 280 g/mol. The number of sulfone groups is 1. The Hall–Kier alpha value is -2.06. The van der Waals surface area contributed by atoms with Gasteiger partial charge in [-0.3, -0.25) is 5.73 Å². The fourth-order valence-corrected chi connectivity index (χ4v) is 2.53. The zero-order chi connectivity index (χ0) is 15.0. The first-order valence-electron chi connectivity index (χ1n) is 5.73. The minimum Gasteiger partial charge on any atom is -0.496 e. The number of benzene rings is 1. The Balaban J connectivity index is 2.63. The Labute approximate surface area is 117 Å². The van der Waals surface area contributed by atoms with Crippen molar-refractivity contribution in [2.45, 2.75) is 10.7 Å². The van der Waals surface area contributed by atoms with E-state index in [1.807, 2.05) is 0 Å². The van der Waals surface area contributed by atoms with Gasteiger partial charge in [-0.1, -0.05) is 0 Å². The maximum Gasteiger partial charge on any atom is 0.214 e. The molecule has 2 rings (SSSR count). The summed E-state index contributed by atoms with van der Waals surface area (Å²) in [5.74, 6) is -0.720. The molecule has 0 spiro atoms. The number of aliphatic imine (C=N–C) groups is 1. The average Bonchev–Trinajstić information content (AvgIpc) is 2.36. The number of nitrogens with zero attached hydrogens (tertiary/aromatic N) is 1. The molecule has 7 nitrogen and oxygen atoms in total. The van der Waals surface area contributed by atoms with E-state index in [1.54, 1.807) is 12.3 Å². The Bertz CT molecular complexity index is 697. The third kappa shape index (κ3) is 2.61. The van der Waals surface area contributed by atoms with Crippen LogP contribution in [-0.2, 0) is 15.6 Å². The van der Waals surface area contributed by atoms with Crippen LogP contribution >= 0.6 is 0 Å². The van der Waals surface area contributed by atoms with Gasteiger partial charge < -0.3 is 15.8 Å². The van der Waals surface area contributed by atoms with Crippen molar-refractivity contribution in [1.29, 1.82) is 0 Å². The molecule has 1 aliphatic heterocycles. The van der Waals surface area contributed by atoms with E-state index in [1.165, 1.54) is 25.3 Å². The van der Waals surface area contributed by atoms with Gasteiger partial charge in [0.1, 0.15) is 11.6 Å². The van der Waals surface area contributed by atoms with Crippen molar-refractivity contribution in [3.05, 3.63) is 36.0 Å². The molecule has 1 aromatic carbocycles. The van der Waals surface area contributed by atoms with Gasteiger partial charge in [0, 0.05) is 12.5 Å². The number of ether oxygens (including phenoxy) is 1. The first-order chi connectivity index (χ1) is 9.26. The quantitative estimate of drug-likeness (QED) is 0.701. The molecule has 0 amide bonds. The van der Waals surface area contributed by atoms with Crippen LogP contribution in [0.5, 0.6) is 5.75 Å². The van der Waals surface area contributed by atoms with E-state index in [0.717, 1.165) is 6.26 Å². The molecule has 20 heavy (non-hydrogen) atoms. The summed E-state index contributed by atoms with van der Waals surface area (Å²) < 4.78 is 28.5. The second-order valence-electron chi connectivity index (χ2n) is 4.41. The van der Waals surface area contributed by atoms with Crippen molar-refractivity contribution >= 4 is 15.7 Å². The monoisotopic (exact) mass is 296 g/mol. The van der Waals surface area contributed by atoms with Gasteiger partial charge in [0.05, 0.1) is 17.6 Å². The Morgan fingerprint density at radius 2 is 2.10 bits per heavy atom. The highest BCUT2D eigenvalue weighted by Crippen LogP contribution is 2.31. The number of methoxy groups -OCH3 is 1. The maximum absolute atomic E-state index is 11.7. The normalized spacial score (nSPS) is 22.1. The zero-order valence-electron chi connectivity index (χ0n) is 11.1. The Morgan fingerprint density at radius 3 is 2.65 bits per heavy atom. The van der Waals surface area contributed by atoms with Crippen LogP contribution in [0.3, 0.4) is 0 Å². The Kier molecular flexibility index (Phi) is 3.45. The number of hydrogen-bond acceptors (Lipinski definition) is 7. The fraction of sp³-hybridized carbons (Fsp3) is 0.250. The number of nitrogens with one attached hydrogen (secondary N) is 1. The summed E-state index contributed by atoms with van der Waals surface area (Å²) in [5.41, 5.74) is 12.2. The average molecular weight is 296 g/mol. The molecule has 0 saturated carbocycles. The third-order valence-corrected chi connectivity index (χ3v) is 3.98. The van der Waals surface area contributed by atoms with Gasteiger partial charge in [0.15, 0.2) is 9.84 Å². The van der Waals surface area contributed by atoms with Gasteiger partial charge >= 0.3 is 0 Å². The van der Waals surface area contributed by atoms with E-state index in [9.17, 15) is 8.42 Å². The lowest BCUT2D eigenvalue weighted by Crippen LogP contribution is -2.49. The van der Waals surface area contributed by atoms with Gasteiger partial charge in [-0.2, -0.15) is 0 Å². The number of amidine groups is 1. The number of hydrogen-bond donors (Lipinski definition) is 3. The van der Waals surface area contributed by atoms with Crippen LogP contribution in [0, 0.1) is 0 Å². The van der Waals surface area contributed by atoms with E-state index in [2.05, 4.69) is 10.3 Å². The third-order valence-electron chi connectivity index (χ3n) is 2.87. The first-order valence-corrected chi connectivity index (χ1v) is 7.62. The second-order valence-corrected chi connectivity index (χ2v) is 6.43. The molecule has 8 heteroatoms. The molecule has 0 aromatic heterocycles. The Morgan fingerprint density at radius 1 is 1.40 bits per heavy atom. The summed E-state index contributed by atoms with van der Waals surface area (Å²) in [7, 11) is -1.90. The van der Waals surface area contributed by atoms with Crippen LogP contribution in [0.4, 0.5) is 0 Å². The van der Waals surface area contributed by atoms with Crippen molar-refractivity contribution in [3.63, 3.8) is 0 Å². The van der Waals surface area contributed by atoms with Crippen LogP contribution in [0.25, 0.3) is 0 Å². The zero-order valence-corrected chi connectivity index (χ0v) is 11.9. The standard InChI is InChI=1S/C12H16N4O3S/c1-19-10-4-3-8(20(2,17)18)7-9(10)12(14)15-6-5-11(13)16-12/h3-7,15H,14H2,1-2H3,(H2,13,16). The van der Waals surface area contributed by atoms with Crippen LogP contribution < -0.4 is 21.5 Å². The summed E-state index contributed by atoms with van der Waals surface area (Å²) in [4.78, 5) is 4.24. The predicted octanol–water partition coefficient (Wildman–Crippen LogP) is -0.358. The highest BCUT2D eigenvalue weighted by atomic mass is 32.2. The highest BCUT2D eigenvalue weighted by molar-refractivity contribution is 7.90. The molecule has 1 unspecified atom stereocenters. The minimum atomic E-state index is -3.37. The van der Waals surface area contributed by atoms with Crippen LogP contribution in [0.2, 0.25) is 0 Å². The minimum absolute atomic E-state index is 0.128. The molecule has 108 valence electrons. The van der Waals surface area contributed by atoms with Gasteiger partial charge in [0.2, 0.25) is 5.79 Å². The van der Waals surface area contributed by atoms with Crippen molar-refractivity contribution in [1.82, 2.24) is 5.32 Å². The molecule has 0 bridgehead atoms. The molecule has 1 heterocycles. The molecule has 5 N–H and O–H groups in total. The molecule has 1 aromatic rings. The fourth-order valence-electron chi connectivity index (χ4n) is 1.88. The van der Waals surface area contributed by atoms with Crippen molar-refractivity contribution in [2.24, 2.45) is 16.5 Å². The number of nitrogens with two attached hydrogens (primary N) is 2. The first kappa shape index (κ1) is 14.4. The summed E-state index contributed by atoms with van der Waals surface area (Å²) in [6, 6.07) is 4.41. The van der Waals surface area contributed by atoms with Gasteiger partial charge in [-0.05, 0) is 24.3 Å². The van der Waals surface area contributed by atoms with Crippen LogP contribution in [0.1, 0.15) is 5.56 Å². The lowest BCUT2D eigenvalue weighted by molar-refractivity contribution is 0.359. The van der Waals surface area contributed by atoms with Crippen molar-refractivity contribution in [2.75, 3.05) is 13.4 Å². The smallest absolute Gasteiger partial charge is 0.214 e. The molecule has 0 fully saturated rings. The molecule has 1 aliphatic rings. The number of rotatable bonds is 3. The van der Waals surface area contributed by atoms with Crippen molar-refractivity contribution in [3.8, 4) is 5.75 Å². The SMILES string of the molecule is COc1ccc(S(C)(=O)=O)cc1C1(N)N=C(N)C=CN1. The van der Waals surface area contributed by atoms with E-state index in [0.29, 0.717) is 11.3 Å². The van der Waals surface area contributed by atoms with E-state index < -0.39 is 15.6 Å². The molecule has 0 radical (unpaired) electrons. The van der Waals surface area contributed by atoms with E-state index in [4.69, 9.17) is 16.2 Å². The summed E-state index contributed by atoms with van der Waals surface area (Å²) >= 11 is 0. The van der Waals surface area contributed by atoms with E-state index in [-0.39, 0.29) is 10.7 Å². The molecule has 1 atom stereocenters. The molecule has 0 saturated heterocycles. The molecular formula is C12H16N4O3S. The van der Waals surface area contributed by atoms with Gasteiger partial charge in [-0.25, -0.2) is 13.4 Å². The highest BCUT2D eigenvalue weighted by Gasteiger charge is 2.31. The van der Waals surface area contributed by atoms with E-state index >= 15 is 0 Å². The van der Waals surface area contributed by atoms with Crippen LogP contribution in [-0.4, -0.2) is 27.6 Å². The second kappa shape index (κ2) is 4.80.